The van der Waals surface area contributed by atoms with E-state index >= 15 is 0 Å². The van der Waals surface area contributed by atoms with Gasteiger partial charge in [-0.25, -0.2) is 5.43 Å². The average Bonchev–Trinajstić information content (AvgIpc) is 2.96. The number of aromatic hydroxyl groups is 1. The zero-order valence-corrected chi connectivity index (χ0v) is 17.2. The number of carbonyl (C=O) groups is 1. The summed E-state index contributed by atoms with van der Waals surface area (Å²) < 4.78 is 41.4. The molecule has 9 heteroatoms. The minimum Gasteiger partial charge on any atom is -0.494 e. The van der Waals surface area contributed by atoms with Crippen molar-refractivity contribution >= 4 is 22.5 Å². The molecule has 0 radical (unpaired) electrons. The zero-order chi connectivity index (χ0) is 22.9. The Balaban J connectivity index is 2.28. The number of aryl methyl sites for hydroxylation is 2. The van der Waals surface area contributed by atoms with E-state index in [1.807, 2.05) is 19.9 Å². The summed E-state index contributed by atoms with van der Waals surface area (Å²) in [6, 6.07) is 8.62. The van der Waals surface area contributed by atoms with Crippen molar-refractivity contribution in [3.63, 3.8) is 0 Å². The van der Waals surface area contributed by atoms with Gasteiger partial charge in [-0.05, 0) is 56.2 Å². The Morgan fingerprint density at radius 3 is 2.35 bits per heavy atom. The summed E-state index contributed by atoms with van der Waals surface area (Å²) in [7, 11) is 0. The molecule has 0 saturated heterocycles. The van der Waals surface area contributed by atoms with Crippen LogP contribution in [-0.2, 0) is 11.0 Å². The van der Waals surface area contributed by atoms with Crippen molar-refractivity contribution in [1.82, 2.24) is 9.99 Å². The van der Waals surface area contributed by atoms with E-state index in [0.717, 1.165) is 23.3 Å². The van der Waals surface area contributed by atoms with E-state index in [-0.39, 0.29) is 35.7 Å². The molecule has 3 N–H and O–H groups in total. The molecule has 0 fully saturated rings. The number of nitrogens with one attached hydrogen (secondary N) is 1. The molecule has 2 aromatic carbocycles. The molecule has 0 atom stereocenters. The van der Waals surface area contributed by atoms with Crippen molar-refractivity contribution in [2.24, 2.45) is 5.10 Å². The monoisotopic (exact) mass is 433 g/mol. The first-order chi connectivity index (χ1) is 14.5. The Morgan fingerprint density at radius 1 is 1.13 bits per heavy atom. The summed E-state index contributed by atoms with van der Waals surface area (Å²) in [5.41, 5.74) is 4.25. The second-order valence-corrected chi connectivity index (χ2v) is 7.32. The molecule has 0 aliphatic heterocycles. The van der Waals surface area contributed by atoms with Crippen LogP contribution in [0.4, 0.5) is 13.2 Å². The van der Waals surface area contributed by atoms with E-state index in [0.29, 0.717) is 11.1 Å². The van der Waals surface area contributed by atoms with Crippen LogP contribution in [0.5, 0.6) is 5.88 Å². The summed E-state index contributed by atoms with van der Waals surface area (Å²) in [5.74, 6) is -0.823. The molecule has 164 valence electrons. The number of amides is 1. The fourth-order valence-electron chi connectivity index (χ4n) is 3.51. The summed E-state index contributed by atoms with van der Waals surface area (Å²) in [6.45, 7) is 4.88. The van der Waals surface area contributed by atoms with Crippen LogP contribution in [0.1, 0.15) is 35.6 Å². The number of hydrogen-bond donors (Lipinski definition) is 3. The Labute approximate surface area is 176 Å². The van der Waals surface area contributed by atoms with Crippen LogP contribution in [0.25, 0.3) is 16.6 Å². The Kier molecular flexibility index (Phi) is 6.08. The Hall–Kier alpha value is -3.33. The molecule has 0 saturated carbocycles. The minimum atomic E-state index is -4.55. The summed E-state index contributed by atoms with van der Waals surface area (Å²) >= 11 is 0. The molecule has 1 aromatic heterocycles. The highest BCUT2D eigenvalue weighted by Crippen LogP contribution is 2.39. The lowest BCUT2D eigenvalue weighted by molar-refractivity contribution is -0.137. The van der Waals surface area contributed by atoms with Gasteiger partial charge >= 0.3 is 6.18 Å². The first-order valence-electron chi connectivity index (χ1n) is 9.50. The molecule has 31 heavy (non-hydrogen) atoms. The first-order valence-corrected chi connectivity index (χ1v) is 9.50. The number of halogens is 3. The van der Waals surface area contributed by atoms with Gasteiger partial charge in [-0.2, -0.15) is 18.3 Å². The SMILES string of the molecule is C/C(=N/NC(=O)CCO)c1c(O)n(-c2cc(C)cc(C)c2)c2cc(C(F)(F)F)ccc12. The third-order valence-electron chi connectivity index (χ3n) is 4.78. The van der Waals surface area contributed by atoms with Crippen LogP contribution in [0.15, 0.2) is 41.5 Å². The second-order valence-electron chi connectivity index (χ2n) is 7.32. The van der Waals surface area contributed by atoms with E-state index in [2.05, 4.69) is 10.5 Å². The van der Waals surface area contributed by atoms with Gasteiger partial charge < -0.3 is 10.2 Å². The molecular formula is C22H22F3N3O3. The Morgan fingerprint density at radius 2 is 1.77 bits per heavy atom. The number of aliphatic hydroxyl groups excluding tert-OH is 1. The largest absolute Gasteiger partial charge is 0.494 e. The van der Waals surface area contributed by atoms with E-state index in [9.17, 15) is 23.1 Å². The fraction of sp³-hybridized carbons (Fsp3) is 0.273. The third-order valence-corrected chi connectivity index (χ3v) is 4.78. The smallest absolute Gasteiger partial charge is 0.416 e. The van der Waals surface area contributed by atoms with Crippen LogP contribution in [0, 0.1) is 13.8 Å². The number of benzene rings is 2. The molecule has 6 nitrogen and oxygen atoms in total. The molecule has 3 aromatic rings. The molecule has 0 spiro atoms. The van der Waals surface area contributed by atoms with Gasteiger partial charge in [0.25, 0.3) is 0 Å². The highest BCUT2D eigenvalue weighted by molar-refractivity contribution is 6.13. The van der Waals surface area contributed by atoms with Gasteiger partial charge in [0.15, 0.2) is 0 Å². The van der Waals surface area contributed by atoms with Gasteiger partial charge in [0, 0.05) is 11.1 Å². The van der Waals surface area contributed by atoms with Crippen molar-refractivity contribution in [1.29, 1.82) is 0 Å². The van der Waals surface area contributed by atoms with Gasteiger partial charge in [-0.15, -0.1) is 0 Å². The van der Waals surface area contributed by atoms with Gasteiger partial charge in [0.2, 0.25) is 11.8 Å². The van der Waals surface area contributed by atoms with E-state index in [1.165, 1.54) is 17.6 Å². The van der Waals surface area contributed by atoms with E-state index in [4.69, 9.17) is 5.11 Å². The van der Waals surface area contributed by atoms with Crippen LogP contribution in [-0.4, -0.2) is 33.0 Å². The number of rotatable bonds is 5. The normalized spacial score (nSPS) is 12.4. The molecule has 3 rings (SSSR count). The van der Waals surface area contributed by atoms with Gasteiger partial charge in [-0.1, -0.05) is 12.1 Å². The topological polar surface area (TPSA) is 86.8 Å². The van der Waals surface area contributed by atoms with Crippen LogP contribution in [0.2, 0.25) is 0 Å². The lowest BCUT2D eigenvalue weighted by Crippen LogP contribution is -2.20. The number of hydrazone groups is 1. The first kappa shape index (κ1) is 22.4. The van der Waals surface area contributed by atoms with Gasteiger partial charge in [-0.3, -0.25) is 9.36 Å². The summed E-state index contributed by atoms with van der Waals surface area (Å²) in [4.78, 5) is 11.6. The molecule has 1 amide bonds. The van der Waals surface area contributed by atoms with Crippen LogP contribution < -0.4 is 5.43 Å². The molecule has 0 bridgehead atoms. The maximum absolute atomic E-state index is 13.4. The van der Waals surface area contributed by atoms with Crippen molar-refractivity contribution in [3.05, 3.63) is 58.7 Å². The van der Waals surface area contributed by atoms with Crippen molar-refractivity contribution in [2.45, 2.75) is 33.4 Å². The molecule has 1 heterocycles. The number of nitrogens with zero attached hydrogens (tertiary/aromatic N) is 2. The minimum absolute atomic E-state index is 0.151. The molecule has 0 aliphatic carbocycles. The summed E-state index contributed by atoms with van der Waals surface area (Å²) in [6.07, 6.45) is -4.70. The predicted octanol–water partition coefficient (Wildman–Crippen LogP) is 4.19. The lowest BCUT2D eigenvalue weighted by Gasteiger charge is -2.11. The quantitative estimate of drug-likeness (QED) is 0.417. The van der Waals surface area contributed by atoms with Crippen molar-refractivity contribution in [2.75, 3.05) is 6.61 Å². The van der Waals surface area contributed by atoms with Crippen LogP contribution in [0.3, 0.4) is 0 Å². The van der Waals surface area contributed by atoms with Crippen LogP contribution >= 0.6 is 0 Å². The highest BCUT2D eigenvalue weighted by atomic mass is 19.4. The van der Waals surface area contributed by atoms with E-state index in [1.54, 1.807) is 12.1 Å². The van der Waals surface area contributed by atoms with E-state index < -0.39 is 17.6 Å². The molecule has 0 aliphatic rings. The zero-order valence-electron chi connectivity index (χ0n) is 17.2. The van der Waals surface area contributed by atoms with Crippen molar-refractivity contribution in [3.8, 4) is 11.6 Å². The summed E-state index contributed by atoms with van der Waals surface area (Å²) in [5, 5.41) is 24.2. The maximum atomic E-state index is 13.4. The third kappa shape index (κ3) is 4.56. The Bertz CT molecular complexity index is 1160. The average molecular weight is 433 g/mol. The standard InChI is InChI=1S/C22H22F3N3O3/c1-12-8-13(2)10-16(9-12)28-18-11-15(22(23,24)25)4-5-17(18)20(21(28)31)14(3)26-27-19(30)6-7-29/h4-5,8-11,29,31H,6-7H2,1-3H3,(H,27,30)/b26-14-. The van der Waals surface area contributed by atoms with Gasteiger partial charge in [0.1, 0.15) is 0 Å². The lowest BCUT2D eigenvalue weighted by atomic mass is 10.1. The number of aliphatic hydroxyl groups is 1. The molecule has 0 unspecified atom stereocenters. The highest BCUT2D eigenvalue weighted by Gasteiger charge is 2.32. The van der Waals surface area contributed by atoms with Gasteiger partial charge in [0.05, 0.1) is 35.4 Å². The predicted molar refractivity (Wildman–Crippen MR) is 111 cm³/mol. The number of alkyl halides is 3. The number of fused-ring (bicyclic) bond motifs is 1. The maximum Gasteiger partial charge on any atom is 0.416 e. The van der Waals surface area contributed by atoms with Crippen molar-refractivity contribution < 1.29 is 28.2 Å². The number of carbonyl (C=O) groups excluding carboxylic acids is 1. The number of aromatic nitrogens is 1. The second kappa shape index (κ2) is 8.43. The number of hydrogen-bond acceptors (Lipinski definition) is 4. The fourth-order valence-corrected chi connectivity index (χ4v) is 3.51. The molecular weight excluding hydrogens is 411 g/mol.